The first kappa shape index (κ1) is 43.5. The van der Waals surface area contributed by atoms with Gasteiger partial charge in [0, 0.05) is 23.9 Å². The average Bonchev–Trinajstić information content (AvgIpc) is 4.05. The smallest absolute Gasteiger partial charge is 0.407 e. The number of hydrogen-bond acceptors (Lipinski definition) is 14. The van der Waals surface area contributed by atoms with Crippen LogP contribution in [0.2, 0.25) is 0 Å². The van der Waals surface area contributed by atoms with Gasteiger partial charge in [0.2, 0.25) is 0 Å². The Morgan fingerprint density at radius 3 is 1.73 bits per heavy atom. The summed E-state index contributed by atoms with van der Waals surface area (Å²) >= 11 is 1.59. The third kappa shape index (κ3) is 10.9. The molecule has 0 fully saturated rings. The number of carbonyl (C=O) groups is 6. The van der Waals surface area contributed by atoms with Crippen LogP contribution in [0.15, 0.2) is 60.9 Å². The maximum atomic E-state index is 12.9. The number of H-pyrrole nitrogens is 2. The number of aromatic nitrogens is 4. The number of methoxy groups -OCH3 is 1. The number of hydrogen-bond donors (Lipinski definition) is 7. The quantitative estimate of drug-likeness (QED) is 0.0844. The number of benzene rings is 2. The summed E-state index contributed by atoms with van der Waals surface area (Å²) in [6.45, 7) is 5.21. The van der Waals surface area contributed by atoms with Crippen LogP contribution in [0.3, 0.4) is 0 Å². The number of carboxylic acid groups (broad SMARTS) is 1. The van der Waals surface area contributed by atoms with E-state index in [9.17, 15) is 34.0 Å². The molecule has 308 valence electrons. The number of rotatable bonds is 12. The van der Waals surface area contributed by atoms with Gasteiger partial charge in [-0.3, -0.25) is 24.6 Å². The van der Waals surface area contributed by atoms with Gasteiger partial charge >= 0.3 is 18.0 Å². The molecule has 4 heterocycles. The Labute approximate surface area is 348 Å². The first-order chi connectivity index (χ1) is 28.6. The Morgan fingerprint density at radius 2 is 1.28 bits per heavy atom. The van der Waals surface area contributed by atoms with Crippen LogP contribution in [0.25, 0.3) is 21.8 Å². The predicted molar refractivity (Wildman–Crippen MR) is 217 cm³/mol. The highest BCUT2D eigenvalue weighted by Gasteiger charge is 2.28. The van der Waals surface area contributed by atoms with Gasteiger partial charge in [-0.1, -0.05) is 24.3 Å². The van der Waals surface area contributed by atoms with Crippen LogP contribution in [-0.2, 0) is 27.4 Å². The van der Waals surface area contributed by atoms with Gasteiger partial charge in [0.1, 0.15) is 33.5 Å². The Kier molecular flexibility index (Phi) is 13.9. The van der Waals surface area contributed by atoms with E-state index in [-0.39, 0.29) is 50.3 Å². The van der Waals surface area contributed by atoms with E-state index in [2.05, 4.69) is 41.7 Å². The summed E-state index contributed by atoms with van der Waals surface area (Å²) < 4.78 is 9.83. The zero-order valence-corrected chi connectivity index (χ0v) is 33.9. The summed E-state index contributed by atoms with van der Waals surface area (Å²) in [4.78, 5) is 73.1. The predicted octanol–water partition coefficient (Wildman–Crippen LogP) is 4.35. The number of nitriles is 2. The van der Waals surface area contributed by atoms with Gasteiger partial charge < -0.3 is 35.8 Å². The van der Waals surface area contributed by atoms with Gasteiger partial charge in [0.05, 0.1) is 58.0 Å². The third-order valence-corrected chi connectivity index (χ3v) is 10.5. The topological polar surface area (TPSA) is 294 Å². The molecule has 0 unspecified atom stereocenters. The van der Waals surface area contributed by atoms with Crippen LogP contribution in [0.5, 0.6) is 0 Å². The van der Waals surface area contributed by atoms with Crippen molar-refractivity contribution in [1.29, 1.82) is 10.5 Å². The Hall–Kier alpha value is -7.62. The number of carboxylic acids is 1. The number of aromatic carboxylic acids is 1. The van der Waals surface area contributed by atoms with Crippen LogP contribution < -0.4 is 21.3 Å². The molecule has 4 aromatic heterocycles. The molecular weight excluding hydrogens is 817 g/mol. The van der Waals surface area contributed by atoms with Crippen molar-refractivity contribution >= 4 is 80.2 Å². The summed E-state index contributed by atoms with van der Waals surface area (Å²) in [6.07, 6.45) is 2.56. The van der Waals surface area contributed by atoms with Gasteiger partial charge in [-0.2, -0.15) is 20.7 Å². The number of ether oxygens (including phenoxy) is 2. The number of alkyl carbamates (subject to hydrolysis) is 1. The number of nitrogens with zero attached hydrogens (tertiary/aromatic N) is 4. The number of fused-ring (bicyclic) bond motifs is 2. The molecule has 6 rings (SSSR count). The van der Waals surface area contributed by atoms with Crippen molar-refractivity contribution in [3.05, 3.63) is 103 Å². The maximum absolute atomic E-state index is 12.9. The van der Waals surface area contributed by atoms with E-state index >= 15 is 0 Å². The fraction of sp³-hybridized carbons (Fsp3) is 0.231. The molecule has 0 spiro atoms. The second-order valence-electron chi connectivity index (χ2n) is 13.5. The van der Waals surface area contributed by atoms with Gasteiger partial charge in [0.25, 0.3) is 17.7 Å². The van der Waals surface area contributed by atoms with E-state index in [1.165, 1.54) is 12.1 Å². The van der Waals surface area contributed by atoms with Crippen molar-refractivity contribution < 1.29 is 43.3 Å². The van der Waals surface area contributed by atoms with E-state index < -0.39 is 47.4 Å². The number of nitrogens with one attached hydrogen (secondary N) is 6. The summed E-state index contributed by atoms with van der Waals surface area (Å²) in [5.41, 5.74) is 2.63. The fourth-order valence-electron chi connectivity index (χ4n) is 5.45. The van der Waals surface area contributed by atoms with Crippen molar-refractivity contribution in [2.24, 2.45) is 0 Å². The standard InChI is InChI=1S/C24H26N6O6S.C15H10N4O3S/c1-24(2,3)36-23(34)27-12-17(22(33)35-4)29-21(32)19-14(9-25)8-18(37-19)20(31)26-10-13-6-5-7-16-15(13)11-28-30-16;16-5-9-4-12(23-13(9)15(21)22)14(20)17-6-8-2-1-3-11-10(8)7-18-19-11/h5-8,11,17H,10,12H2,1-4H3,(H,26,31)(H,27,34)(H,28,30)(H,29,32);1-4,7H,6H2,(H,17,20)(H,18,19)(H,21,22)/t17-;/m0./s1. The van der Waals surface area contributed by atoms with Gasteiger partial charge in [-0.05, 0) is 56.2 Å². The van der Waals surface area contributed by atoms with Crippen LogP contribution in [0, 0.1) is 22.7 Å². The molecule has 0 radical (unpaired) electrons. The Morgan fingerprint density at radius 1 is 0.783 bits per heavy atom. The van der Waals surface area contributed by atoms with Crippen molar-refractivity contribution in [2.75, 3.05) is 13.7 Å². The number of esters is 1. The normalized spacial score (nSPS) is 11.2. The Balaban J connectivity index is 0.000000253. The van der Waals surface area contributed by atoms with E-state index in [4.69, 9.17) is 19.8 Å². The number of thiophene rings is 2. The molecule has 19 nitrogen and oxygen atoms in total. The highest BCUT2D eigenvalue weighted by atomic mass is 32.1. The molecule has 1 atom stereocenters. The van der Waals surface area contributed by atoms with Crippen LogP contribution >= 0.6 is 22.7 Å². The lowest BCUT2D eigenvalue weighted by molar-refractivity contribution is -0.142. The summed E-state index contributed by atoms with van der Waals surface area (Å²) in [7, 11) is 1.13. The summed E-state index contributed by atoms with van der Waals surface area (Å²) in [5.74, 6) is -3.69. The Bertz CT molecular complexity index is 2680. The van der Waals surface area contributed by atoms with Gasteiger partial charge in [-0.25, -0.2) is 14.4 Å². The summed E-state index contributed by atoms with van der Waals surface area (Å²) in [6, 6.07) is 16.2. The monoisotopic (exact) mass is 852 g/mol. The lowest BCUT2D eigenvalue weighted by Gasteiger charge is -2.21. The second kappa shape index (κ2) is 19.2. The van der Waals surface area contributed by atoms with Crippen molar-refractivity contribution in [3.8, 4) is 12.1 Å². The second-order valence-corrected chi connectivity index (χ2v) is 15.6. The van der Waals surface area contributed by atoms with Crippen LogP contribution in [-0.4, -0.2) is 86.6 Å². The first-order valence-corrected chi connectivity index (χ1v) is 19.3. The lowest BCUT2D eigenvalue weighted by Crippen LogP contribution is -2.49. The molecule has 2 aromatic carbocycles. The molecule has 0 aliphatic heterocycles. The molecule has 60 heavy (non-hydrogen) atoms. The molecule has 0 saturated heterocycles. The van der Waals surface area contributed by atoms with Crippen molar-refractivity contribution in [2.45, 2.75) is 45.5 Å². The minimum atomic E-state index is -1.26. The lowest BCUT2D eigenvalue weighted by atomic mass is 10.1. The molecule has 6 aromatic rings. The van der Waals surface area contributed by atoms with Crippen molar-refractivity contribution in [3.63, 3.8) is 0 Å². The molecule has 0 saturated carbocycles. The molecule has 0 aliphatic carbocycles. The molecule has 4 amide bonds. The number of amides is 4. The highest BCUT2D eigenvalue weighted by molar-refractivity contribution is 7.16. The highest BCUT2D eigenvalue weighted by Crippen LogP contribution is 2.24. The molecule has 7 N–H and O–H groups in total. The minimum Gasteiger partial charge on any atom is -0.477 e. The molecular formula is C39H36N10O9S2. The molecule has 0 aliphatic rings. The maximum Gasteiger partial charge on any atom is 0.407 e. The van der Waals surface area contributed by atoms with Crippen LogP contribution in [0.4, 0.5) is 4.79 Å². The van der Waals surface area contributed by atoms with E-state index in [0.29, 0.717) is 0 Å². The zero-order valence-electron chi connectivity index (χ0n) is 32.3. The average molecular weight is 853 g/mol. The van der Waals surface area contributed by atoms with E-state index in [1.807, 2.05) is 42.5 Å². The number of carbonyl (C=O) groups excluding carboxylic acids is 5. The molecule has 0 bridgehead atoms. The van der Waals surface area contributed by atoms with Gasteiger partial charge in [-0.15, -0.1) is 22.7 Å². The van der Waals surface area contributed by atoms with E-state index in [1.54, 1.807) is 39.2 Å². The largest absolute Gasteiger partial charge is 0.477 e. The summed E-state index contributed by atoms with van der Waals surface area (Å²) in [5, 5.41) is 53.2. The van der Waals surface area contributed by atoms with Crippen molar-refractivity contribution in [1.82, 2.24) is 41.7 Å². The number of aromatic amines is 2. The van der Waals surface area contributed by atoms with E-state index in [0.717, 1.165) is 62.7 Å². The third-order valence-electron chi connectivity index (χ3n) is 8.22. The SMILES string of the molecule is COC(=O)[C@H](CNC(=O)OC(C)(C)C)NC(=O)c1sc(C(=O)NCc2cccc3[nH]ncc23)cc1C#N.N#Cc1cc(C(=O)NCc2cccc3[nH]ncc23)sc1C(=O)O. The zero-order chi connectivity index (χ0) is 43.6. The first-order valence-electron chi connectivity index (χ1n) is 17.7. The fourth-order valence-corrected chi connectivity index (χ4v) is 7.24. The minimum absolute atomic E-state index is 0.00964. The molecule has 21 heteroatoms. The van der Waals surface area contributed by atoms with Gasteiger partial charge in [0.15, 0.2) is 0 Å². The van der Waals surface area contributed by atoms with Crippen LogP contribution in [0.1, 0.15) is 81.7 Å².